The van der Waals surface area contributed by atoms with E-state index < -0.39 is 0 Å². The number of hydrogen-bond donors (Lipinski definition) is 2. The monoisotopic (exact) mass is 316 g/mol. The average molecular weight is 316 g/mol. The van der Waals surface area contributed by atoms with Gasteiger partial charge in [-0.3, -0.25) is 0 Å². The largest absolute Gasteiger partial charge is 0.493 e. The lowest BCUT2D eigenvalue weighted by molar-refractivity contribution is 0.354. The summed E-state index contributed by atoms with van der Waals surface area (Å²) in [5, 5.41) is 6.99. The third-order valence-electron chi connectivity index (χ3n) is 3.29. The summed E-state index contributed by atoms with van der Waals surface area (Å²) in [5.74, 6) is 1.42. The van der Waals surface area contributed by atoms with Crippen LogP contribution in [0.4, 0.5) is 5.69 Å². The summed E-state index contributed by atoms with van der Waals surface area (Å²) in [6.07, 6.45) is 0. The van der Waals surface area contributed by atoms with Crippen LogP contribution in [0.15, 0.2) is 48.5 Å². The molecule has 0 amide bonds. The average Bonchev–Trinajstić information content (AvgIpc) is 2.54. The molecule has 0 unspecified atom stereocenters. The minimum atomic E-state index is 0.0449. The van der Waals surface area contributed by atoms with Gasteiger partial charge in [0.15, 0.2) is 16.6 Å². The fraction of sp³-hybridized carbons (Fsp3) is 0.235. The molecule has 0 radical (unpaired) electrons. The number of benzene rings is 2. The second kappa shape index (κ2) is 7.66. The van der Waals surface area contributed by atoms with Gasteiger partial charge in [-0.15, -0.1) is 0 Å². The quantitative estimate of drug-likeness (QED) is 0.822. The Morgan fingerprint density at radius 2 is 1.68 bits per heavy atom. The molecular formula is C17H20N2O2S. The number of rotatable bonds is 5. The van der Waals surface area contributed by atoms with Crippen LogP contribution in [0.3, 0.4) is 0 Å². The summed E-state index contributed by atoms with van der Waals surface area (Å²) in [4.78, 5) is 0. The summed E-state index contributed by atoms with van der Waals surface area (Å²) in [7, 11) is 3.25. The van der Waals surface area contributed by atoms with Gasteiger partial charge in [-0.1, -0.05) is 24.3 Å². The Kier molecular flexibility index (Phi) is 5.61. The van der Waals surface area contributed by atoms with Gasteiger partial charge in [-0.25, -0.2) is 0 Å². The van der Waals surface area contributed by atoms with Crippen LogP contribution in [0.1, 0.15) is 18.5 Å². The highest BCUT2D eigenvalue weighted by Crippen LogP contribution is 2.29. The van der Waals surface area contributed by atoms with E-state index in [0.717, 1.165) is 11.3 Å². The van der Waals surface area contributed by atoms with E-state index >= 15 is 0 Å². The third-order valence-corrected chi connectivity index (χ3v) is 3.51. The molecule has 0 saturated heterocycles. The number of nitrogens with one attached hydrogen (secondary N) is 2. The van der Waals surface area contributed by atoms with Crippen LogP contribution >= 0.6 is 12.2 Å². The van der Waals surface area contributed by atoms with Gasteiger partial charge in [0.2, 0.25) is 0 Å². The van der Waals surface area contributed by atoms with Gasteiger partial charge in [0.25, 0.3) is 0 Å². The van der Waals surface area contributed by atoms with E-state index in [0.29, 0.717) is 16.6 Å². The standard InChI is InChI=1S/C17H20N2O2S/c1-12(13-9-10-15(20-2)16(11-13)21-3)18-17(22)19-14-7-5-4-6-8-14/h4-12H,1-3H3,(H2,18,19,22)/t12-/m1/s1. The fourth-order valence-electron chi connectivity index (χ4n) is 2.09. The second-order valence-electron chi connectivity index (χ2n) is 4.80. The van der Waals surface area contributed by atoms with E-state index in [9.17, 15) is 0 Å². The molecule has 0 fully saturated rings. The van der Waals surface area contributed by atoms with Crippen molar-refractivity contribution in [2.45, 2.75) is 13.0 Å². The molecule has 22 heavy (non-hydrogen) atoms. The highest BCUT2D eigenvalue weighted by atomic mass is 32.1. The zero-order valence-corrected chi connectivity index (χ0v) is 13.7. The predicted molar refractivity (Wildman–Crippen MR) is 93.8 cm³/mol. The van der Waals surface area contributed by atoms with Crippen LogP contribution in [0.25, 0.3) is 0 Å². The minimum Gasteiger partial charge on any atom is -0.493 e. The molecule has 5 heteroatoms. The summed E-state index contributed by atoms with van der Waals surface area (Å²) >= 11 is 5.34. The molecule has 4 nitrogen and oxygen atoms in total. The Balaban J connectivity index is 2.02. The first kappa shape index (κ1) is 16.1. The van der Waals surface area contributed by atoms with Crippen molar-refractivity contribution in [2.24, 2.45) is 0 Å². The number of ether oxygens (including phenoxy) is 2. The van der Waals surface area contributed by atoms with Gasteiger partial charge in [0.05, 0.1) is 20.3 Å². The normalized spacial score (nSPS) is 11.4. The Hall–Kier alpha value is -2.27. The number of thiocarbonyl (C=S) groups is 1. The molecule has 1 atom stereocenters. The molecule has 0 aromatic heterocycles. The summed E-state index contributed by atoms with van der Waals surface area (Å²) in [5.41, 5.74) is 2.02. The Labute approximate surface area is 136 Å². The van der Waals surface area contributed by atoms with E-state index in [1.165, 1.54) is 0 Å². The molecule has 2 aromatic carbocycles. The summed E-state index contributed by atoms with van der Waals surface area (Å²) in [6, 6.07) is 15.7. The topological polar surface area (TPSA) is 42.5 Å². The minimum absolute atomic E-state index is 0.0449. The van der Waals surface area contributed by atoms with Gasteiger partial charge < -0.3 is 20.1 Å². The molecule has 2 N–H and O–H groups in total. The molecular weight excluding hydrogens is 296 g/mol. The van der Waals surface area contributed by atoms with Crippen LogP contribution in [0, 0.1) is 0 Å². The van der Waals surface area contributed by atoms with Crippen molar-refractivity contribution >= 4 is 23.0 Å². The highest BCUT2D eigenvalue weighted by molar-refractivity contribution is 7.80. The van der Waals surface area contributed by atoms with Crippen molar-refractivity contribution < 1.29 is 9.47 Å². The maximum Gasteiger partial charge on any atom is 0.171 e. The van der Waals surface area contributed by atoms with Crippen molar-refractivity contribution in [1.29, 1.82) is 0 Å². The SMILES string of the molecule is COc1ccc([C@@H](C)NC(=S)Nc2ccccc2)cc1OC. The fourth-order valence-corrected chi connectivity index (χ4v) is 2.39. The number of methoxy groups -OCH3 is 2. The third kappa shape index (κ3) is 4.11. The zero-order valence-electron chi connectivity index (χ0n) is 12.9. The molecule has 0 aliphatic carbocycles. The van der Waals surface area contributed by atoms with E-state index in [1.54, 1.807) is 14.2 Å². The van der Waals surface area contributed by atoms with Gasteiger partial charge in [0.1, 0.15) is 0 Å². The lowest BCUT2D eigenvalue weighted by Crippen LogP contribution is -2.30. The Morgan fingerprint density at radius 3 is 2.32 bits per heavy atom. The Bertz CT molecular complexity index is 632. The molecule has 2 rings (SSSR count). The van der Waals surface area contributed by atoms with Crippen molar-refractivity contribution in [2.75, 3.05) is 19.5 Å². The summed E-state index contributed by atoms with van der Waals surface area (Å²) in [6.45, 7) is 2.04. The van der Waals surface area contributed by atoms with E-state index in [-0.39, 0.29) is 6.04 Å². The van der Waals surface area contributed by atoms with E-state index in [4.69, 9.17) is 21.7 Å². The molecule has 0 bridgehead atoms. The first-order valence-corrected chi connectivity index (χ1v) is 7.39. The summed E-state index contributed by atoms with van der Waals surface area (Å²) < 4.78 is 10.6. The van der Waals surface area contributed by atoms with E-state index in [2.05, 4.69) is 10.6 Å². The molecule has 0 spiro atoms. The first-order chi connectivity index (χ1) is 10.6. The van der Waals surface area contributed by atoms with Crippen molar-refractivity contribution in [3.05, 3.63) is 54.1 Å². The van der Waals surface area contributed by atoms with Crippen molar-refractivity contribution in [3.8, 4) is 11.5 Å². The van der Waals surface area contributed by atoms with E-state index in [1.807, 2.05) is 55.5 Å². The molecule has 2 aromatic rings. The number of anilines is 1. The van der Waals surface area contributed by atoms with Crippen LogP contribution in [0.2, 0.25) is 0 Å². The van der Waals surface area contributed by atoms with Gasteiger partial charge in [-0.2, -0.15) is 0 Å². The smallest absolute Gasteiger partial charge is 0.171 e. The van der Waals surface area contributed by atoms with Gasteiger partial charge >= 0.3 is 0 Å². The lowest BCUT2D eigenvalue weighted by atomic mass is 10.1. The molecule has 116 valence electrons. The maximum absolute atomic E-state index is 5.34. The predicted octanol–water partition coefficient (Wildman–Crippen LogP) is 3.75. The van der Waals surface area contributed by atoms with Crippen LogP contribution < -0.4 is 20.1 Å². The van der Waals surface area contributed by atoms with Crippen LogP contribution in [-0.2, 0) is 0 Å². The van der Waals surface area contributed by atoms with Crippen molar-refractivity contribution in [3.63, 3.8) is 0 Å². The van der Waals surface area contributed by atoms with Crippen LogP contribution in [-0.4, -0.2) is 19.3 Å². The molecule has 0 aliphatic heterocycles. The number of para-hydroxylation sites is 1. The van der Waals surface area contributed by atoms with Gasteiger partial charge in [0, 0.05) is 5.69 Å². The van der Waals surface area contributed by atoms with Crippen molar-refractivity contribution in [1.82, 2.24) is 5.32 Å². The first-order valence-electron chi connectivity index (χ1n) is 6.98. The highest BCUT2D eigenvalue weighted by Gasteiger charge is 2.11. The Morgan fingerprint density at radius 1 is 1.00 bits per heavy atom. The second-order valence-corrected chi connectivity index (χ2v) is 5.21. The van der Waals surface area contributed by atoms with Crippen LogP contribution in [0.5, 0.6) is 11.5 Å². The number of hydrogen-bond acceptors (Lipinski definition) is 3. The molecule has 0 saturated carbocycles. The molecule has 0 aliphatic rings. The molecule has 0 heterocycles. The lowest BCUT2D eigenvalue weighted by Gasteiger charge is -2.18. The maximum atomic E-state index is 5.34. The van der Waals surface area contributed by atoms with Gasteiger partial charge in [-0.05, 0) is 49.0 Å². The zero-order chi connectivity index (χ0) is 15.9.